The number of nitrogens with one attached hydrogen (secondary N) is 4. The smallest absolute Gasteiger partial charge is 0.235 e. The Bertz CT molecular complexity index is 980. The van der Waals surface area contributed by atoms with Gasteiger partial charge in [0.1, 0.15) is 28.8 Å². The second-order valence-corrected chi connectivity index (χ2v) is 9.48. The first kappa shape index (κ1) is 22.8. The van der Waals surface area contributed by atoms with Crippen LogP contribution in [0.5, 0.6) is 0 Å². The first-order chi connectivity index (χ1) is 16.1. The summed E-state index contributed by atoms with van der Waals surface area (Å²) in [5.41, 5.74) is 0.419. The van der Waals surface area contributed by atoms with Crippen LogP contribution < -0.4 is 21.3 Å². The van der Waals surface area contributed by atoms with Gasteiger partial charge in [0.25, 0.3) is 0 Å². The van der Waals surface area contributed by atoms with Gasteiger partial charge in [0.05, 0.1) is 25.1 Å². The zero-order valence-electron chi connectivity index (χ0n) is 18.2. The van der Waals surface area contributed by atoms with Crippen molar-refractivity contribution in [3.8, 4) is 11.3 Å². The summed E-state index contributed by atoms with van der Waals surface area (Å²) in [5.74, 6) is -1.82. The quantitative estimate of drug-likeness (QED) is 0.513. The van der Waals surface area contributed by atoms with Gasteiger partial charge in [-0.3, -0.25) is 20.3 Å². The minimum atomic E-state index is -0.598. The molecule has 3 fully saturated rings. The molecule has 0 saturated carbocycles. The number of thiazole rings is 1. The van der Waals surface area contributed by atoms with E-state index in [-0.39, 0.29) is 30.0 Å². The normalized spacial score (nSPS) is 29.1. The number of hydrogen-bond donors (Lipinski definition) is 4. The standard InChI is InChI=1S/C22H28F2N6O2S/c23-13-3-4-16(24)15(10-13)17-12-33-21(27-17)18-19(26-14-2-1-5-25-11-14)28-22(29-20(18)31)30-6-8-32-9-7-30/h3-4,10,12,14,18-19,22,25-26,28H,1-2,5-9,11H2,(H,29,31)/t14-,18?,19?,22?/m1/s1. The fourth-order valence-corrected chi connectivity index (χ4v) is 5.56. The third-order valence-electron chi connectivity index (χ3n) is 6.35. The Morgan fingerprint density at radius 3 is 2.88 bits per heavy atom. The number of carbonyl (C=O) groups is 1. The zero-order valence-corrected chi connectivity index (χ0v) is 19.0. The highest BCUT2D eigenvalue weighted by Crippen LogP contribution is 2.31. The second-order valence-electron chi connectivity index (χ2n) is 8.59. The molecule has 5 rings (SSSR count). The summed E-state index contributed by atoms with van der Waals surface area (Å²) < 4.78 is 33.4. The van der Waals surface area contributed by atoms with Crippen LogP contribution in [-0.4, -0.2) is 73.7 Å². The number of aromatic nitrogens is 1. The van der Waals surface area contributed by atoms with Gasteiger partial charge in [-0.2, -0.15) is 0 Å². The van der Waals surface area contributed by atoms with Crippen LogP contribution in [0.15, 0.2) is 23.6 Å². The van der Waals surface area contributed by atoms with Gasteiger partial charge in [0.2, 0.25) is 5.91 Å². The molecule has 11 heteroatoms. The van der Waals surface area contributed by atoms with E-state index in [1.54, 1.807) is 5.38 Å². The number of amides is 1. The molecule has 4 heterocycles. The summed E-state index contributed by atoms with van der Waals surface area (Å²) in [6.07, 6.45) is 1.41. The first-order valence-corrected chi connectivity index (χ1v) is 12.2. The van der Waals surface area contributed by atoms with Gasteiger partial charge in [-0.1, -0.05) is 0 Å². The number of ether oxygens (including phenoxy) is 1. The molecule has 1 aromatic carbocycles. The summed E-state index contributed by atoms with van der Waals surface area (Å²) in [4.78, 5) is 20.0. The monoisotopic (exact) mass is 478 g/mol. The number of morpholine rings is 1. The van der Waals surface area contributed by atoms with Gasteiger partial charge >= 0.3 is 0 Å². The molecule has 0 aliphatic carbocycles. The minimum Gasteiger partial charge on any atom is -0.379 e. The van der Waals surface area contributed by atoms with Crippen molar-refractivity contribution in [1.29, 1.82) is 0 Å². The third kappa shape index (κ3) is 5.08. The number of carbonyl (C=O) groups excluding carboxylic acids is 1. The van der Waals surface area contributed by atoms with E-state index in [1.165, 1.54) is 11.3 Å². The molecule has 1 aromatic heterocycles. The highest BCUT2D eigenvalue weighted by Gasteiger charge is 2.42. The molecule has 0 radical (unpaired) electrons. The Labute approximate surface area is 195 Å². The van der Waals surface area contributed by atoms with Crippen molar-refractivity contribution in [2.75, 3.05) is 39.4 Å². The van der Waals surface area contributed by atoms with E-state index in [2.05, 4.69) is 31.2 Å². The zero-order chi connectivity index (χ0) is 22.8. The van der Waals surface area contributed by atoms with Crippen molar-refractivity contribution in [1.82, 2.24) is 31.2 Å². The van der Waals surface area contributed by atoms with Gasteiger partial charge in [-0.15, -0.1) is 11.3 Å². The SMILES string of the molecule is O=C1NC(N2CCOCC2)NC(N[C@@H]2CCCNC2)C1c1nc(-c2cc(F)ccc2F)cs1. The molecule has 0 spiro atoms. The van der Waals surface area contributed by atoms with Gasteiger partial charge in [0.15, 0.2) is 0 Å². The molecule has 4 atom stereocenters. The summed E-state index contributed by atoms with van der Waals surface area (Å²) >= 11 is 1.28. The summed E-state index contributed by atoms with van der Waals surface area (Å²) in [6.45, 7) is 4.51. The minimum absolute atomic E-state index is 0.0915. The third-order valence-corrected chi connectivity index (χ3v) is 7.28. The molecule has 33 heavy (non-hydrogen) atoms. The fourth-order valence-electron chi connectivity index (χ4n) is 4.61. The summed E-state index contributed by atoms with van der Waals surface area (Å²) in [5, 5.41) is 15.9. The van der Waals surface area contributed by atoms with E-state index in [0.29, 0.717) is 23.9 Å². The van der Waals surface area contributed by atoms with Crippen molar-refractivity contribution >= 4 is 17.2 Å². The van der Waals surface area contributed by atoms with Crippen LogP contribution in [0, 0.1) is 11.6 Å². The van der Waals surface area contributed by atoms with Crippen LogP contribution >= 0.6 is 11.3 Å². The lowest BCUT2D eigenvalue weighted by Gasteiger charge is -2.44. The van der Waals surface area contributed by atoms with Crippen molar-refractivity contribution in [2.24, 2.45) is 0 Å². The maximum absolute atomic E-state index is 14.3. The Kier molecular flexibility index (Phi) is 6.95. The predicted molar refractivity (Wildman–Crippen MR) is 120 cm³/mol. The first-order valence-electron chi connectivity index (χ1n) is 11.3. The maximum atomic E-state index is 14.3. The van der Waals surface area contributed by atoms with Crippen LogP contribution in [0.2, 0.25) is 0 Å². The molecular formula is C22H28F2N6O2S. The maximum Gasteiger partial charge on any atom is 0.235 e. The van der Waals surface area contributed by atoms with E-state index < -0.39 is 17.6 Å². The Hall–Kier alpha value is -2.02. The van der Waals surface area contributed by atoms with Crippen molar-refractivity contribution in [3.63, 3.8) is 0 Å². The van der Waals surface area contributed by atoms with Crippen molar-refractivity contribution < 1.29 is 18.3 Å². The molecule has 3 aliphatic heterocycles. The summed E-state index contributed by atoms with van der Waals surface area (Å²) in [6, 6.07) is 3.52. The number of halogens is 2. The van der Waals surface area contributed by atoms with E-state index in [4.69, 9.17) is 4.74 Å². The van der Waals surface area contributed by atoms with Gasteiger partial charge in [-0.25, -0.2) is 13.8 Å². The van der Waals surface area contributed by atoms with Gasteiger partial charge in [0, 0.05) is 36.6 Å². The molecular weight excluding hydrogens is 450 g/mol. The average molecular weight is 479 g/mol. The molecule has 1 amide bonds. The molecule has 3 unspecified atom stereocenters. The second kappa shape index (κ2) is 10.1. The van der Waals surface area contributed by atoms with Gasteiger partial charge in [-0.05, 0) is 37.6 Å². The molecule has 3 saturated heterocycles. The highest BCUT2D eigenvalue weighted by molar-refractivity contribution is 7.10. The fraction of sp³-hybridized carbons (Fsp3) is 0.545. The molecule has 0 bridgehead atoms. The molecule has 2 aromatic rings. The van der Waals surface area contributed by atoms with Crippen molar-refractivity contribution in [2.45, 2.75) is 37.3 Å². The van der Waals surface area contributed by atoms with E-state index in [9.17, 15) is 13.6 Å². The van der Waals surface area contributed by atoms with Crippen LogP contribution in [0.4, 0.5) is 8.78 Å². The molecule has 3 aliphatic rings. The topological polar surface area (TPSA) is 90.6 Å². The Morgan fingerprint density at radius 1 is 1.24 bits per heavy atom. The number of rotatable bonds is 5. The Morgan fingerprint density at radius 2 is 2.09 bits per heavy atom. The number of benzene rings is 1. The van der Waals surface area contributed by atoms with E-state index in [1.807, 2.05) is 0 Å². The van der Waals surface area contributed by atoms with Crippen LogP contribution in [-0.2, 0) is 9.53 Å². The predicted octanol–water partition coefficient (Wildman–Crippen LogP) is 1.17. The van der Waals surface area contributed by atoms with Crippen LogP contribution in [0.3, 0.4) is 0 Å². The lowest BCUT2D eigenvalue weighted by molar-refractivity contribution is -0.131. The number of nitrogens with zero attached hydrogens (tertiary/aromatic N) is 2. The number of hydrogen-bond acceptors (Lipinski definition) is 8. The lowest BCUT2D eigenvalue weighted by atomic mass is 10.00. The molecule has 8 nitrogen and oxygen atoms in total. The highest BCUT2D eigenvalue weighted by atomic mass is 32.1. The lowest BCUT2D eigenvalue weighted by Crippen LogP contribution is -2.71. The van der Waals surface area contributed by atoms with Gasteiger partial charge < -0.3 is 15.4 Å². The average Bonchev–Trinajstić information content (AvgIpc) is 3.31. The van der Waals surface area contributed by atoms with Crippen molar-refractivity contribution in [3.05, 3.63) is 40.2 Å². The molecule has 178 valence electrons. The largest absolute Gasteiger partial charge is 0.379 e. The van der Waals surface area contributed by atoms with Crippen LogP contribution in [0.25, 0.3) is 11.3 Å². The Balaban J connectivity index is 1.41. The summed E-state index contributed by atoms with van der Waals surface area (Å²) in [7, 11) is 0. The van der Waals surface area contributed by atoms with E-state index in [0.717, 1.165) is 57.2 Å². The van der Waals surface area contributed by atoms with E-state index >= 15 is 0 Å². The van der Waals surface area contributed by atoms with Crippen LogP contribution in [0.1, 0.15) is 23.8 Å². The molecule has 4 N–H and O–H groups in total. The number of piperidine rings is 1.